The molecule has 160 valence electrons. The SMILES string of the molecule is Nc1ccc(-c2ccncc2)cc1NC(=O)c1cc2ccc(N3CCNCC3)cc2cn1. The number of rotatable bonds is 4. The molecule has 7 heteroatoms. The molecule has 1 amide bonds. The van der Waals surface area contributed by atoms with Gasteiger partial charge in [0.05, 0.1) is 11.4 Å². The first-order valence-corrected chi connectivity index (χ1v) is 10.6. The number of anilines is 3. The number of nitrogens with two attached hydrogens (primary N) is 1. The van der Waals surface area contributed by atoms with Crippen LogP contribution in [0.5, 0.6) is 0 Å². The highest BCUT2D eigenvalue weighted by Crippen LogP contribution is 2.28. The molecule has 0 aliphatic carbocycles. The van der Waals surface area contributed by atoms with Crippen molar-refractivity contribution in [2.24, 2.45) is 0 Å². The van der Waals surface area contributed by atoms with Crippen LogP contribution in [-0.2, 0) is 0 Å². The van der Waals surface area contributed by atoms with Crippen LogP contribution in [0.1, 0.15) is 10.5 Å². The van der Waals surface area contributed by atoms with Crippen LogP contribution in [0.4, 0.5) is 17.1 Å². The van der Waals surface area contributed by atoms with Crippen molar-refractivity contribution in [3.8, 4) is 11.1 Å². The number of pyridine rings is 2. The summed E-state index contributed by atoms with van der Waals surface area (Å²) >= 11 is 0. The van der Waals surface area contributed by atoms with Gasteiger partial charge >= 0.3 is 0 Å². The Morgan fingerprint density at radius 1 is 0.938 bits per heavy atom. The molecular formula is C25H24N6O. The minimum Gasteiger partial charge on any atom is -0.397 e. The number of hydrogen-bond donors (Lipinski definition) is 3. The van der Waals surface area contributed by atoms with Gasteiger partial charge in [-0.05, 0) is 59.0 Å². The molecule has 1 aliphatic rings. The third-order valence-electron chi connectivity index (χ3n) is 5.74. The molecule has 2 aromatic carbocycles. The van der Waals surface area contributed by atoms with Crippen molar-refractivity contribution in [2.75, 3.05) is 42.1 Å². The van der Waals surface area contributed by atoms with Gasteiger partial charge in [-0.25, -0.2) is 0 Å². The smallest absolute Gasteiger partial charge is 0.274 e. The number of piperazine rings is 1. The number of fused-ring (bicyclic) bond motifs is 1. The monoisotopic (exact) mass is 424 g/mol. The summed E-state index contributed by atoms with van der Waals surface area (Å²) in [5.41, 5.74) is 10.6. The van der Waals surface area contributed by atoms with Crippen molar-refractivity contribution in [1.82, 2.24) is 15.3 Å². The van der Waals surface area contributed by atoms with E-state index in [-0.39, 0.29) is 5.91 Å². The van der Waals surface area contributed by atoms with Crippen LogP contribution in [0.3, 0.4) is 0 Å². The van der Waals surface area contributed by atoms with Gasteiger partial charge in [-0.3, -0.25) is 14.8 Å². The molecule has 4 N–H and O–H groups in total. The van der Waals surface area contributed by atoms with E-state index in [1.165, 1.54) is 5.69 Å². The van der Waals surface area contributed by atoms with E-state index in [1.54, 1.807) is 24.7 Å². The summed E-state index contributed by atoms with van der Waals surface area (Å²) in [6, 6.07) is 17.5. The average molecular weight is 425 g/mol. The van der Waals surface area contributed by atoms with Crippen molar-refractivity contribution in [3.63, 3.8) is 0 Å². The molecule has 0 radical (unpaired) electrons. The van der Waals surface area contributed by atoms with Crippen molar-refractivity contribution in [1.29, 1.82) is 0 Å². The van der Waals surface area contributed by atoms with Crippen molar-refractivity contribution in [2.45, 2.75) is 0 Å². The lowest BCUT2D eigenvalue weighted by molar-refractivity contribution is 0.102. The molecular weight excluding hydrogens is 400 g/mol. The molecule has 2 aromatic heterocycles. The van der Waals surface area contributed by atoms with Crippen molar-refractivity contribution >= 4 is 33.7 Å². The van der Waals surface area contributed by atoms with Crippen molar-refractivity contribution < 1.29 is 4.79 Å². The predicted octanol–water partition coefficient (Wildman–Crippen LogP) is 3.54. The maximum Gasteiger partial charge on any atom is 0.274 e. The first-order chi connectivity index (χ1) is 15.7. The Labute approximate surface area is 186 Å². The molecule has 4 aromatic rings. The summed E-state index contributed by atoms with van der Waals surface area (Å²) in [5.74, 6) is -0.295. The highest BCUT2D eigenvalue weighted by atomic mass is 16.1. The van der Waals surface area contributed by atoms with Crippen LogP contribution in [0, 0.1) is 0 Å². The van der Waals surface area contributed by atoms with Crippen LogP contribution in [-0.4, -0.2) is 42.1 Å². The standard InChI is InChI=1S/C25H24N6O/c26-22-4-2-18(17-5-7-27-8-6-17)14-23(22)30-25(32)24-15-19-1-3-21(13-20(19)16-29-24)31-11-9-28-10-12-31/h1-8,13-16,28H,9-12,26H2,(H,30,32). The third kappa shape index (κ3) is 4.10. The van der Waals surface area contributed by atoms with Crippen LogP contribution < -0.4 is 21.3 Å². The van der Waals surface area contributed by atoms with E-state index >= 15 is 0 Å². The topological polar surface area (TPSA) is 96.2 Å². The third-order valence-corrected chi connectivity index (χ3v) is 5.74. The summed E-state index contributed by atoms with van der Waals surface area (Å²) < 4.78 is 0. The molecule has 1 saturated heterocycles. The quantitative estimate of drug-likeness (QED) is 0.434. The fourth-order valence-electron chi connectivity index (χ4n) is 3.95. The number of benzene rings is 2. The molecule has 0 atom stereocenters. The molecule has 0 spiro atoms. The van der Waals surface area contributed by atoms with Crippen LogP contribution in [0.25, 0.3) is 21.9 Å². The number of aromatic nitrogens is 2. The van der Waals surface area contributed by atoms with Gasteiger partial charge in [-0.1, -0.05) is 12.1 Å². The molecule has 5 rings (SSSR count). The van der Waals surface area contributed by atoms with Gasteiger partial charge < -0.3 is 21.3 Å². The number of hydrogen-bond acceptors (Lipinski definition) is 6. The van der Waals surface area contributed by atoms with Gasteiger partial charge in [0.1, 0.15) is 5.69 Å². The minimum atomic E-state index is -0.295. The van der Waals surface area contributed by atoms with E-state index < -0.39 is 0 Å². The van der Waals surface area contributed by atoms with E-state index in [0.29, 0.717) is 17.1 Å². The Hall–Kier alpha value is -3.97. The Morgan fingerprint density at radius 2 is 1.75 bits per heavy atom. The lowest BCUT2D eigenvalue weighted by Gasteiger charge is -2.29. The average Bonchev–Trinajstić information content (AvgIpc) is 2.85. The lowest BCUT2D eigenvalue weighted by atomic mass is 10.1. The Bertz CT molecular complexity index is 1270. The maximum absolute atomic E-state index is 12.9. The summed E-state index contributed by atoms with van der Waals surface area (Å²) in [6.07, 6.45) is 5.22. The summed E-state index contributed by atoms with van der Waals surface area (Å²) in [4.78, 5) is 23.7. The zero-order valence-corrected chi connectivity index (χ0v) is 17.6. The fourth-order valence-corrected chi connectivity index (χ4v) is 3.95. The molecule has 0 bridgehead atoms. The van der Waals surface area contributed by atoms with Crippen LogP contribution in [0.15, 0.2) is 73.2 Å². The van der Waals surface area contributed by atoms with Crippen molar-refractivity contribution in [3.05, 3.63) is 78.9 Å². The molecule has 0 unspecified atom stereocenters. The van der Waals surface area contributed by atoms with Gasteiger partial charge in [-0.15, -0.1) is 0 Å². The largest absolute Gasteiger partial charge is 0.397 e. The van der Waals surface area contributed by atoms with Gasteiger partial charge in [0.2, 0.25) is 0 Å². The van der Waals surface area contributed by atoms with E-state index in [1.807, 2.05) is 36.4 Å². The zero-order chi connectivity index (χ0) is 21.9. The molecule has 1 aliphatic heterocycles. The number of nitrogen functional groups attached to an aromatic ring is 1. The molecule has 3 heterocycles. The van der Waals surface area contributed by atoms with E-state index in [4.69, 9.17) is 5.73 Å². The van der Waals surface area contributed by atoms with E-state index in [2.05, 4.69) is 37.6 Å². The number of nitrogens with zero attached hydrogens (tertiary/aromatic N) is 3. The highest BCUT2D eigenvalue weighted by molar-refractivity contribution is 6.06. The first kappa shape index (κ1) is 20.0. The molecule has 1 fully saturated rings. The Balaban J connectivity index is 1.38. The number of carbonyl (C=O) groups excluding carboxylic acids is 1. The summed E-state index contributed by atoms with van der Waals surface area (Å²) in [6.45, 7) is 3.95. The first-order valence-electron chi connectivity index (χ1n) is 10.6. The minimum absolute atomic E-state index is 0.295. The number of nitrogens with one attached hydrogen (secondary N) is 2. The summed E-state index contributed by atoms with van der Waals surface area (Å²) in [5, 5.41) is 8.26. The summed E-state index contributed by atoms with van der Waals surface area (Å²) in [7, 11) is 0. The number of amides is 1. The molecule has 32 heavy (non-hydrogen) atoms. The lowest BCUT2D eigenvalue weighted by Crippen LogP contribution is -2.43. The highest BCUT2D eigenvalue weighted by Gasteiger charge is 2.14. The van der Waals surface area contributed by atoms with Gasteiger partial charge in [0, 0.05) is 55.8 Å². The fraction of sp³-hybridized carbons (Fsp3) is 0.160. The second-order valence-corrected chi connectivity index (χ2v) is 7.83. The predicted molar refractivity (Wildman–Crippen MR) is 129 cm³/mol. The molecule has 7 nitrogen and oxygen atoms in total. The second-order valence-electron chi connectivity index (χ2n) is 7.83. The second kappa shape index (κ2) is 8.64. The Kier molecular flexibility index (Phi) is 5.39. The van der Waals surface area contributed by atoms with Crippen LogP contribution in [0.2, 0.25) is 0 Å². The Morgan fingerprint density at radius 3 is 2.56 bits per heavy atom. The zero-order valence-electron chi connectivity index (χ0n) is 17.6. The van der Waals surface area contributed by atoms with Gasteiger partial charge in [-0.2, -0.15) is 0 Å². The molecule has 0 saturated carbocycles. The van der Waals surface area contributed by atoms with Crippen LogP contribution >= 0.6 is 0 Å². The van der Waals surface area contributed by atoms with E-state index in [0.717, 1.165) is 48.1 Å². The van der Waals surface area contributed by atoms with Gasteiger partial charge in [0.15, 0.2) is 0 Å². The van der Waals surface area contributed by atoms with Gasteiger partial charge in [0.25, 0.3) is 5.91 Å². The number of carbonyl (C=O) groups is 1. The normalized spacial score (nSPS) is 13.8. The van der Waals surface area contributed by atoms with E-state index in [9.17, 15) is 4.79 Å². The maximum atomic E-state index is 12.9.